The molecule has 1 saturated carbocycles. The van der Waals surface area contributed by atoms with Gasteiger partial charge in [-0.05, 0) is 48.8 Å². The molecule has 4 heteroatoms. The number of nitriles is 1. The summed E-state index contributed by atoms with van der Waals surface area (Å²) in [6.07, 6.45) is 6.26. The second-order valence-corrected chi connectivity index (χ2v) is 6.43. The van der Waals surface area contributed by atoms with E-state index in [1.165, 1.54) is 6.42 Å². The van der Waals surface area contributed by atoms with Gasteiger partial charge in [0.1, 0.15) is 11.6 Å². The first-order valence-corrected chi connectivity index (χ1v) is 7.96. The fraction of sp³-hybridized carbons (Fsp3) is 0.500. The second kappa shape index (κ2) is 6.71. The van der Waals surface area contributed by atoms with Crippen LogP contribution in [-0.4, -0.2) is 11.9 Å². The highest BCUT2D eigenvalue weighted by Gasteiger charge is 2.24. The van der Waals surface area contributed by atoms with E-state index < -0.39 is 0 Å². The molecule has 1 aliphatic rings. The molecule has 1 heterocycles. The van der Waals surface area contributed by atoms with Gasteiger partial charge in [-0.1, -0.05) is 19.8 Å². The first-order chi connectivity index (χ1) is 9.61. The summed E-state index contributed by atoms with van der Waals surface area (Å²) >= 11 is 1.55. The van der Waals surface area contributed by atoms with Gasteiger partial charge < -0.3 is 5.32 Å². The normalized spacial score (nSPS) is 23.1. The lowest BCUT2D eigenvalue weighted by molar-refractivity contribution is -0.118. The maximum Gasteiger partial charge on any atom is 0.262 e. The van der Waals surface area contributed by atoms with Crippen LogP contribution >= 0.6 is 11.3 Å². The molecule has 1 aliphatic carbocycles. The lowest BCUT2D eigenvalue weighted by Crippen LogP contribution is -2.41. The number of amides is 1. The first kappa shape index (κ1) is 14.8. The molecule has 1 aromatic heterocycles. The Kier molecular flexibility index (Phi) is 4.97. The van der Waals surface area contributed by atoms with Crippen LogP contribution in [0.15, 0.2) is 17.0 Å². The summed E-state index contributed by atoms with van der Waals surface area (Å²) in [6, 6.07) is 4.23. The molecule has 0 bridgehead atoms. The Bertz CT molecular complexity index is 553. The maximum atomic E-state index is 12.2. The lowest BCUT2D eigenvalue weighted by atomic mass is 9.86. The topological polar surface area (TPSA) is 52.9 Å². The number of aryl methyl sites for hydroxylation is 1. The van der Waals surface area contributed by atoms with Crippen LogP contribution < -0.4 is 5.32 Å². The summed E-state index contributed by atoms with van der Waals surface area (Å²) in [5.41, 5.74) is 1.30. The van der Waals surface area contributed by atoms with Gasteiger partial charge >= 0.3 is 0 Å². The van der Waals surface area contributed by atoms with E-state index in [-0.39, 0.29) is 17.5 Å². The minimum absolute atomic E-state index is 0.202. The SMILES string of the molecule is Cc1ccsc1/C=C(\C#N)C(=O)N[C@@H]1CCCC[C@@H]1C. The summed E-state index contributed by atoms with van der Waals surface area (Å²) in [5, 5.41) is 14.2. The van der Waals surface area contributed by atoms with Crippen LogP contribution in [0.1, 0.15) is 43.0 Å². The Labute approximate surface area is 124 Å². The largest absolute Gasteiger partial charge is 0.348 e. The zero-order valence-electron chi connectivity index (χ0n) is 12.0. The van der Waals surface area contributed by atoms with Crippen molar-refractivity contribution in [1.82, 2.24) is 5.32 Å². The predicted molar refractivity (Wildman–Crippen MR) is 82.2 cm³/mol. The quantitative estimate of drug-likeness (QED) is 0.681. The molecule has 1 fully saturated rings. The van der Waals surface area contributed by atoms with Gasteiger partial charge in [0.15, 0.2) is 0 Å². The van der Waals surface area contributed by atoms with E-state index in [0.717, 1.165) is 29.7 Å². The molecular weight excluding hydrogens is 268 g/mol. The van der Waals surface area contributed by atoms with E-state index in [9.17, 15) is 10.1 Å². The molecule has 0 unspecified atom stereocenters. The van der Waals surface area contributed by atoms with Crippen molar-refractivity contribution in [2.24, 2.45) is 5.92 Å². The van der Waals surface area contributed by atoms with E-state index in [0.29, 0.717) is 5.92 Å². The zero-order valence-corrected chi connectivity index (χ0v) is 12.8. The van der Waals surface area contributed by atoms with Crippen molar-refractivity contribution in [2.75, 3.05) is 0 Å². The summed E-state index contributed by atoms with van der Waals surface area (Å²) in [4.78, 5) is 13.2. The number of hydrogen-bond donors (Lipinski definition) is 1. The van der Waals surface area contributed by atoms with Crippen LogP contribution in [-0.2, 0) is 4.79 Å². The van der Waals surface area contributed by atoms with Gasteiger partial charge in [-0.25, -0.2) is 0 Å². The molecule has 3 nitrogen and oxygen atoms in total. The maximum absolute atomic E-state index is 12.2. The standard InChI is InChI=1S/C16H20N2OS/c1-11-5-3-4-6-14(11)18-16(19)13(10-17)9-15-12(2)7-8-20-15/h7-9,11,14H,3-6H2,1-2H3,(H,18,19)/b13-9+/t11-,14+/m0/s1. The molecule has 1 N–H and O–H groups in total. The minimum Gasteiger partial charge on any atom is -0.348 e. The smallest absolute Gasteiger partial charge is 0.262 e. The summed E-state index contributed by atoms with van der Waals surface area (Å²) < 4.78 is 0. The molecule has 1 amide bonds. The van der Waals surface area contributed by atoms with E-state index in [2.05, 4.69) is 12.2 Å². The molecule has 0 radical (unpaired) electrons. The van der Waals surface area contributed by atoms with Gasteiger partial charge in [0.25, 0.3) is 5.91 Å². The Hall–Kier alpha value is -1.60. The van der Waals surface area contributed by atoms with Crippen molar-refractivity contribution in [3.05, 3.63) is 27.5 Å². The molecule has 0 aliphatic heterocycles. The van der Waals surface area contributed by atoms with Crippen molar-refractivity contribution >= 4 is 23.3 Å². The molecule has 1 aromatic rings. The average Bonchev–Trinajstić information content (AvgIpc) is 2.84. The van der Waals surface area contributed by atoms with Crippen LogP contribution in [0.25, 0.3) is 6.08 Å². The van der Waals surface area contributed by atoms with E-state index >= 15 is 0 Å². The molecule has 0 saturated heterocycles. The van der Waals surface area contributed by atoms with Gasteiger partial charge in [-0.15, -0.1) is 11.3 Å². The van der Waals surface area contributed by atoms with Crippen LogP contribution in [0.5, 0.6) is 0 Å². The van der Waals surface area contributed by atoms with Gasteiger partial charge in [0.05, 0.1) is 0 Å². The van der Waals surface area contributed by atoms with Crippen LogP contribution in [0.3, 0.4) is 0 Å². The number of thiophene rings is 1. The van der Waals surface area contributed by atoms with Gasteiger partial charge in [0, 0.05) is 10.9 Å². The Morgan fingerprint density at radius 3 is 2.85 bits per heavy atom. The van der Waals surface area contributed by atoms with E-state index in [1.54, 1.807) is 17.4 Å². The summed E-state index contributed by atoms with van der Waals surface area (Å²) in [7, 11) is 0. The molecular formula is C16H20N2OS. The number of carbonyl (C=O) groups is 1. The van der Waals surface area contributed by atoms with Crippen molar-refractivity contribution < 1.29 is 4.79 Å². The molecule has 106 valence electrons. The second-order valence-electron chi connectivity index (χ2n) is 5.48. The predicted octanol–water partition coefficient (Wildman–Crippen LogP) is 3.66. The highest BCUT2D eigenvalue weighted by atomic mass is 32.1. The Morgan fingerprint density at radius 2 is 2.25 bits per heavy atom. The highest BCUT2D eigenvalue weighted by molar-refractivity contribution is 7.11. The van der Waals surface area contributed by atoms with Gasteiger partial charge in [-0.3, -0.25) is 4.79 Å². The molecule has 20 heavy (non-hydrogen) atoms. The highest BCUT2D eigenvalue weighted by Crippen LogP contribution is 2.24. The van der Waals surface area contributed by atoms with Crippen molar-refractivity contribution in [3.8, 4) is 6.07 Å². The summed E-state index contributed by atoms with van der Waals surface area (Å²) in [6.45, 7) is 4.15. The Balaban J connectivity index is 2.08. The monoisotopic (exact) mass is 288 g/mol. The van der Waals surface area contributed by atoms with Crippen LogP contribution in [0.2, 0.25) is 0 Å². The lowest BCUT2D eigenvalue weighted by Gasteiger charge is -2.29. The third-order valence-corrected chi connectivity index (χ3v) is 4.94. The zero-order chi connectivity index (χ0) is 14.5. The van der Waals surface area contributed by atoms with E-state index in [1.807, 2.05) is 24.4 Å². The first-order valence-electron chi connectivity index (χ1n) is 7.08. The van der Waals surface area contributed by atoms with Crippen LogP contribution in [0, 0.1) is 24.2 Å². The minimum atomic E-state index is -0.237. The molecule has 2 atom stereocenters. The van der Waals surface area contributed by atoms with Crippen molar-refractivity contribution in [2.45, 2.75) is 45.6 Å². The number of rotatable bonds is 3. The third kappa shape index (κ3) is 3.49. The molecule has 2 rings (SSSR count). The number of nitrogens with one attached hydrogen (secondary N) is 1. The molecule has 0 spiro atoms. The Morgan fingerprint density at radius 1 is 1.50 bits per heavy atom. The van der Waals surface area contributed by atoms with Crippen molar-refractivity contribution in [3.63, 3.8) is 0 Å². The molecule has 0 aromatic carbocycles. The summed E-state index contributed by atoms with van der Waals surface area (Å²) in [5.74, 6) is 0.259. The number of hydrogen-bond acceptors (Lipinski definition) is 3. The van der Waals surface area contributed by atoms with Gasteiger partial charge in [-0.2, -0.15) is 5.26 Å². The fourth-order valence-corrected chi connectivity index (χ4v) is 3.45. The third-order valence-electron chi connectivity index (χ3n) is 3.97. The number of nitrogens with zero attached hydrogens (tertiary/aromatic N) is 1. The van der Waals surface area contributed by atoms with Crippen LogP contribution in [0.4, 0.5) is 0 Å². The van der Waals surface area contributed by atoms with E-state index in [4.69, 9.17) is 0 Å². The number of carbonyl (C=O) groups excluding carboxylic acids is 1. The van der Waals surface area contributed by atoms with Crippen molar-refractivity contribution in [1.29, 1.82) is 5.26 Å². The average molecular weight is 288 g/mol. The van der Waals surface area contributed by atoms with Gasteiger partial charge in [0.2, 0.25) is 0 Å². The fourth-order valence-electron chi connectivity index (χ4n) is 2.59.